The van der Waals surface area contributed by atoms with Crippen molar-refractivity contribution in [2.24, 2.45) is 0 Å². The molecule has 0 radical (unpaired) electrons. The van der Waals surface area contributed by atoms with Gasteiger partial charge in [0.2, 0.25) is 0 Å². The lowest BCUT2D eigenvalue weighted by molar-refractivity contribution is -0.0694. The zero-order valence-electron chi connectivity index (χ0n) is 12.9. The summed E-state index contributed by atoms with van der Waals surface area (Å²) in [5, 5.41) is 10.0. The molecule has 3 rings (SSSR count). The highest BCUT2D eigenvalue weighted by molar-refractivity contribution is 5.36. The van der Waals surface area contributed by atoms with Crippen LogP contribution in [0.15, 0.2) is 43.0 Å². The maximum absolute atomic E-state index is 10.0. The molecule has 4 nitrogen and oxygen atoms in total. The molecule has 0 spiro atoms. The number of benzene rings is 1. The first-order chi connectivity index (χ1) is 10.7. The standard InChI is InChI=1S/C18H21N3O/c1-15-6-2-5-9-17(15)18(12-19,13-21-11-10-20-14-21)22-16-7-3-4-8-16/h2,5-6,9-11,14,16H,3-4,7-8,13H2,1H3. The largest absolute Gasteiger partial charge is 0.351 e. The van der Waals surface area contributed by atoms with Gasteiger partial charge < -0.3 is 9.30 Å². The van der Waals surface area contributed by atoms with E-state index in [1.807, 2.05) is 42.0 Å². The molecule has 1 aromatic heterocycles. The van der Waals surface area contributed by atoms with Gasteiger partial charge >= 0.3 is 0 Å². The number of rotatable bonds is 5. The van der Waals surface area contributed by atoms with Crippen LogP contribution in [-0.2, 0) is 16.9 Å². The minimum atomic E-state index is -0.957. The topological polar surface area (TPSA) is 50.8 Å². The number of nitriles is 1. The lowest BCUT2D eigenvalue weighted by Gasteiger charge is -2.32. The molecule has 1 heterocycles. The summed E-state index contributed by atoms with van der Waals surface area (Å²) in [6.45, 7) is 2.50. The van der Waals surface area contributed by atoms with Gasteiger partial charge in [0.05, 0.1) is 19.0 Å². The fraction of sp³-hybridized carbons (Fsp3) is 0.444. The molecule has 114 valence electrons. The Morgan fingerprint density at radius 2 is 2.14 bits per heavy atom. The van der Waals surface area contributed by atoms with Crippen molar-refractivity contribution in [3.05, 3.63) is 54.1 Å². The van der Waals surface area contributed by atoms with Crippen molar-refractivity contribution in [3.8, 4) is 6.07 Å². The number of ether oxygens (including phenoxy) is 1. The van der Waals surface area contributed by atoms with Crippen molar-refractivity contribution in [2.45, 2.75) is 50.9 Å². The maximum Gasteiger partial charge on any atom is 0.197 e. The number of aromatic nitrogens is 2. The fourth-order valence-corrected chi connectivity index (χ4v) is 3.26. The van der Waals surface area contributed by atoms with E-state index in [2.05, 4.69) is 11.1 Å². The van der Waals surface area contributed by atoms with Crippen molar-refractivity contribution in [1.82, 2.24) is 9.55 Å². The van der Waals surface area contributed by atoms with Crippen molar-refractivity contribution in [2.75, 3.05) is 0 Å². The molecule has 1 aromatic carbocycles. The number of imidazole rings is 1. The highest BCUT2D eigenvalue weighted by Gasteiger charge is 2.38. The van der Waals surface area contributed by atoms with Gasteiger partial charge in [-0.25, -0.2) is 4.98 Å². The van der Waals surface area contributed by atoms with Crippen molar-refractivity contribution in [1.29, 1.82) is 5.26 Å². The van der Waals surface area contributed by atoms with Gasteiger partial charge in [0.15, 0.2) is 5.60 Å². The van der Waals surface area contributed by atoms with E-state index in [0.717, 1.165) is 24.0 Å². The molecule has 2 aromatic rings. The fourth-order valence-electron chi connectivity index (χ4n) is 3.26. The first kappa shape index (κ1) is 14.8. The number of nitrogens with zero attached hydrogens (tertiary/aromatic N) is 3. The zero-order valence-corrected chi connectivity index (χ0v) is 12.9. The van der Waals surface area contributed by atoms with Crippen LogP contribution in [0.25, 0.3) is 0 Å². The SMILES string of the molecule is Cc1ccccc1C(C#N)(Cn1ccnc1)OC1CCCC1. The van der Waals surface area contributed by atoms with Gasteiger partial charge in [-0.15, -0.1) is 0 Å². The third-order valence-corrected chi connectivity index (χ3v) is 4.40. The molecule has 1 fully saturated rings. The first-order valence-electron chi connectivity index (χ1n) is 7.84. The summed E-state index contributed by atoms with van der Waals surface area (Å²) in [6.07, 6.45) is 9.97. The van der Waals surface area contributed by atoms with E-state index < -0.39 is 5.60 Å². The molecule has 1 saturated carbocycles. The minimum absolute atomic E-state index is 0.169. The summed E-state index contributed by atoms with van der Waals surface area (Å²) in [5.74, 6) is 0. The van der Waals surface area contributed by atoms with E-state index in [-0.39, 0.29) is 6.10 Å². The number of aryl methyl sites for hydroxylation is 1. The van der Waals surface area contributed by atoms with Crippen LogP contribution < -0.4 is 0 Å². The second kappa shape index (κ2) is 6.33. The van der Waals surface area contributed by atoms with Crippen molar-refractivity contribution >= 4 is 0 Å². The monoisotopic (exact) mass is 295 g/mol. The highest BCUT2D eigenvalue weighted by Crippen LogP contribution is 2.35. The van der Waals surface area contributed by atoms with Crippen LogP contribution in [0.1, 0.15) is 36.8 Å². The maximum atomic E-state index is 10.0. The second-order valence-corrected chi connectivity index (χ2v) is 6.01. The Balaban J connectivity index is 1.99. The van der Waals surface area contributed by atoms with Crippen LogP contribution in [-0.4, -0.2) is 15.7 Å². The molecule has 1 unspecified atom stereocenters. The normalized spacial score (nSPS) is 18.0. The summed E-state index contributed by atoms with van der Waals surface area (Å²) in [4.78, 5) is 4.09. The molecule has 0 bridgehead atoms. The lowest BCUT2D eigenvalue weighted by Crippen LogP contribution is -2.37. The number of hydrogen-bond acceptors (Lipinski definition) is 3. The van der Waals surface area contributed by atoms with E-state index >= 15 is 0 Å². The van der Waals surface area contributed by atoms with E-state index in [4.69, 9.17) is 4.74 Å². The second-order valence-electron chi connectivity index (χ2n) is 6.01. The van der Waals surface area contributed by atoms with Crippen molar-refractivity contribution < 1.29 is 4.74 Å². The summed E-state index contributed by atoms with van der Waals surface area (Å²) >= 11 is 0. The predicted octanol–water partition coefficient (Wildman–Crippen LogP) is 3.57. The van der Waals surface area contributed by atoms with E-state index in [1.165, 1.54) is 12.8 Å². The van der Waals surface area contributed by atoms with E-state index in [1.54, 1.807) is 12.5 Å². The quantitative estimate of drug-likeness (QED) is 0.847. The third-order valence-electron chi connectivity index (χ3n) is 4.40. The summed E-state index contributed by atoms with van der Waals surface area (Å²) in [6, 6.07) is 10.5. The third kappa shape index (κ3) is 2.90. The van der Waals surface area contributed by atoms with Gasteiger partial charge in [0.1, 0.15) is 6.07 Å². The molecule has 1 aliphatic carbocycles. The van der Waals surface area contributed by atoms with Gasteiger partial charge in [-0.2, -0.15) is 5.26 Å². The average Bonchev–Trinajstić information content (AvgIpc) is 3.21. The van der Waals surface area contributed by atoms with E-state index in [0.29, 0.717) is 6.54 Å². The van der Waals surface area contributed by atoms with Crippen LogP contribution in [0.5, 0.6) is 0 Å². The molecule has 0 saturated heterocycles. The van der Waals surface area contributed by atoms with E-state index in [9.17, 15) is 5.26 Å². The Morgan fingerprint density at radius 1 is 1.36 bits per heavy atom. The Bertz CT molecular complexity index is 653. The molecular weight excluding hydrogens is 274 g/mol. The minimum Gasteiger partial charge on any atom is -0.351 e. The summed E-state index contributed by atoms with van der Waals surface area (Å²) < 4.78 is 8.30. The Morgan fingerprint density at radius 3 is 2.77 bits per heavy atom. The van der Waals surface area contributed by atoms with Crippen LogP contribution >= 0.6 is 0 Å². The Hall–Kier alpha value is -2.12. The molecule has 1 aliphatic rings. The van der Waals surface area contributed by atoms with Gasteiger partial charge in [0.25, 0.3) is 0 Å². The molecule has 1 atom stereocenters. The van der Waals surface area contributed by atoms with Crippen LogP contribution in [0.4, 0.5) is 0 Å². The Kier molecular flexibility index (Phi) is 4.26. The van der Waals surface area contributed by atoms with Gasteiger partial charge in [-0.1, -0.05) is 37.1 Å². The van der Waals surface area contributed by atoms with Crippen LogP contribution in [0, 0.1) is 18.3 Å². The Labute approximate surface area is 131 Å². The molecule has 0 N–H and O–H groups in total. The first-order valence-corrected chi connectivity index (χ1v) is 7.84. The summed E-state index contributed by atoms with van der Waals surface area (Å²) in [7, 11) is 0. The average molecular weight is 295 g/mol. The van der Waals surface area contributed by atoms with Gasteiger partial charge in [0, 0.05) is 18.0 Å². The van der Waals surface area contributed by atoms with Crippen LogP contribution in [0.2, 0.25) is 0 Å². The zero-order chi connectivity index (χ0) is 15.4. The smallest absolute Gasteiger partial charge is 0.197 e. The highest BCUT2D eigenvalue weighted by atomic mass is 16.5. The van der Waals surface area contributed by atoms with Gasteiger partial charge in [-0.3, -0.25) is 0 Å². The molecular formula is C18H21N3O. The molecule has 4 heteroatoms. The lowest BCUT2D eigenvalue weighted by atomic mass is 9.90. The predicted molar refractivity (Wildman–Crippen MR) is 84.0 cm³/mol. The molecule has 0 aliphatic heterocycles. The van der Waals surface area contributed by atoms with Gasteiger partial charge in [-0.05, 0) is 25.3 Å². The van der Waals surface area contributed by atoms with Crippen molar-refractivity contribution in [3.63, 3.8) is 0 Å². The summed E-state index contributed by atoms with van der Waals surface area (Å²) in [5.41, 5.74) is 1.08. The number of hydrogen-bond donors (Lipinski definition) is 0. The van der Waals surface area contributed by atoms with Crippen LogP contribution in [0.3, 0.4) is 0 Å². The molecule has 22 heavy (non-hydrogen) atoms. The molecule has 0 amide bonds.